The predicted octanol–water partition coefficient (Wildman–Crippen LogP) is 1.63. The van der Waals surface area contributed by atoms with Gasteiger partial charge in [0.05, 0.1) is 19.3 Å². The summed E-state index contributed by atoms with van der Waals surface area (Å²) in [7, 11) is 1.56. The van der Waals surface area contributed by atoms with Gasteiger partial charge < -0.3 is 14.8 Å². The van der Waals surface area contributed by atoms with Crippen molar-refractivity contribution in [1.29, 1.82) is 0 Å². The summed E-state index contributed by atoms with van der Waals surface area (Å²) in [5.74, 6) is 1.32. The van der Waals surface area contributed by atoms with Gasteiger partial charge in [-0.15, -0.1) is 0 Å². The van der Waals surface area contributed by atoms with Crippen molar-refractivity contribution >= 4 is 5.91 Å². The van der Waals surface area contributed by atoms with Crippen molar-refractivity contribution in [3.8, 4) is 11.5 Å². The standard InChI is InChI=1S/C19H23N3O4/c1-13-3-7-16(17(11-13)25-2)26-12-18(23)20-9-10-22-19(24)8-6-15(21-22)14-4-5-14/h3,6-8,11,14H,4-5,9-10,12H2,1-2H3,(H,20,23). The first-order valence-corrected chi connectivity index (χ1v) is 8.69. The second-order valence-electron chi connectivity index (χ2n) is 6.39. The molecule has 1 N–H and O–H groups in total. The molecule has 0 radical (unpaired) electrons. The molecule has 0 bridgehead atoms. The van der Waals surface area contributed by atoms with Gasteiger partial charge in [-0.2, -0.15) is 5.10 Å². The van der Waals surface area contributed by atoms with Gasteiger partial charge in [-0.1, -0.05) is 6.07 Å². The Balaban J connectivity index is 1.47. The first-order valence-electron chi connectivity index (χ1n) is 8.69. The Hall–Kier alpha value is -2.83. The molecule has 3 rings (SSSR count). The Bertz CT molecular complexity index is 843. The molecule has 1 heterocycles. The SMILES string of the molecule is COc1cc(C)ccc1OCC(=O)NCCn1nc(C2CC2)ccc1=O. The number of rotatable bonds is 8. The van der Waals surface area contributed by atoms with Crippen molar-refractivity contribution in [3.05, 3.63) is 51.9 Å². The molecule has 26 heavy (non-hydrogen) atoms. The lowest BCUT2D eigenvalue weighted by molar-refractivity contribution is -0.123. The summed E-state index contributed by atoms with van der Waals surface area (Å²) in [4.78, 5) is 23.8. The number of aryl methyl sites for hydroxylation is 1. The van der Waals surface area contributed by atoms with Gasteiger partial charge in [-0.05, 0) is 43.5 Å². The van der Waals surface area contributed by atoms with E-state index < -0.39 is 0 Å². The molecule has 1 amide bonds. The highest BCUT2D eigenvalue weighted by Gasteiger charge is 2.25. The molecule has 1 aliphatic rings. The summed E-state index contributed by atoms with van der Waals surface area (Å²) in [6, 6.07) is 8.83. The van der Waals surface area contributed by atoms with Crippen molar-refractivity contribution in [3.63, 3.8) is 0 Å². The predicted molar refractivity (Wildman–Crippen MR) is 96.7 cm³/mol. The van der Waals surface area contributed by atoms with Gasteiger partial charge in [0.15, 0.2) is 18.1 Å². The molecule has 0 spiro atoms. The van der Waals surface area contributed by atoms with E-state index in [-0.39, 0.29) is 18.1 Å². The maximum atomic E-state index is 12.0. The number of carbonyl (C=O) groups excluding carboxylic acids is 1. The number of nitrogens with one attached hydrogen (secondary N) is 1. The summed E-state index contributed by atoms with van der Waals surface area (Å²) in [6.07, 6.45) is 2.25. The lowest BCUT2D eigenvalue weighted by Gasteiger charge is -2.12. The molecule has 1 aromatic heterocycles. The number of amides is 1. The van der Waals surface area contributed by atoms with E-state index in [1.807, 2.05) is 19.1 Å². The van der Waals surface area contributed by atoms with Crippen LogP contribution < -0.4 is 20.3 Å². The van der Waals surface area contributed by atoms with Crippen LogP contribution in [0.5, 0.6) is 11.5 Å². The molecule has 2 aromatic rings. The van der Waals surface area contributed by atoms with E-state index in [2.05, 4.69) is 10.4 Å². The lowest BCUT2D eigenvalue weighted by atomic mass is 10.2. The third-order valence-corrected chi connectivity index (χ3v) is 4.21. The Labute approximate surface area is 151 Å². The van der Waals surface area contributed by atoms with Crippen LogP contribution in [0.4, 0.5) is 0 Å². The van der Waals surface area contributed by atoms with E-state index in [1.165, 1.54) is 10.7 Å². The number of methoxy groups -OCH3 is 1. The van der Waals surface area contributed by atoms with Crippen molar-refractivity contribution < 1.29 is 14.3 Å². The van der Waals surface area contributed by atoms with Crippen molar-refractivity contribution in [2.24, 2.45) is 0 Å². The average molecular weight is 357 g/mol. The molecule has 0 unspecified atom stereocenters. The van der Waals surface area contributed by atoms with Crippen LogP contribution in [0, 0.1) is 6.92 Å². The second-order valence-corrected chi connectivity index (χ2v) is 6.39. The minimum atomic E-state index is -0.265. The molecule has 7 nitrogen and oxygen atoms in total. The molecule has 1 aliphatic carbocycles. The summed E-state index contributed by atoms with van der Waals surface area (Å²) < 4.78 is 12.2. The van der Waals surface area contributed by atoms with Gasteiger partial charge in [0.2, 0.25) is 0 Å². The summed E-state index contributed by atoms with van der Waals surface area (Å²) in [5, 5.41) is 7.10. The summed E-state index contributed by atoms with van der Waals surface area (Å²) in [6.45, 7) is 2.48. The summed E-state index contributed by atoms with van der Waals surface area (Å²) in [5.41, 5.74) is 1.83. The van der Waals surface area contributed by atoms with Crippen molar-refractivity contribution in [2.75, 3.05) is 20.3 Å². The second kappa shape index (κ2) is 8.03. The number of nitrogens with zero attached hydrogens (tertiary/aromatic N) is 2. The summed E-state index contributed by atoms with van der Waals surface area (Å²) >= 11 is 0. The largest absolute Gasteiger partial charge is 0.493 e. The average Bonchev–Trinajstić information content (AvgIpc) is 3.47. The maximum Gasteiger partial charge on any atom is 0.266 e. The zero-order valence-electron chi connectivity index (χ0n) is 15.0. The number of hydrogen-bond donors (Lipinski definition) is 1. The molecule has 1 saturated carbocycles. The smallest absolute Gasteiger partial charge is 0.266 e. The first kappa shape index (κ1) is 18.0. The monoisotopic (exact) mass is 357 g/mol. The number of hydrogen-bond acceptors (Lipinski definition) is 5. The molecular weight excluding hydrogens is 334 g/mol. The normalized spacial score (nSPS) is 13.3. The van der Waals surface area contributed by atoms with Gasteiger partial charge in [0.1, 0.15) is 0 Å². The fraction of sp³-hybridized carbons (Fsp3) is 0.421. The number of carbonyl (C=O) groups is 1. The van der Waals surface area contributed by atoms with Crippen LogP contribution in [0.2, 0.25) is 0 Å². The molecule has 1 aromatic carbocycles. The molecule has 0 saturated heterocycles. The molecule has 0 atom stereocenters. The fourth-order valence-corrected chi connectivity index (χ4v) is 2.61. The molecular formula is C19H23N3O4. The van der Waals surface area contributed by atoms with E-state index in [0.717, 1.165) is 24.1 Å². The number of benzene rings is 1. The van der Waals surface area contributed by atoms with Gasteiger partial charge >= 0.3 is 0 Å². The minimum absolute atomic E-state index is 0.121. The highest BCUT2D eigenvalue weighted by atomic mass is 16.5. The maximum absolute atomic E-state index is 12.0. The van der Waals surface area contributed by atoms with Gasteiger partial charge in [0, 0.05) is 18.5 Å². The third-order valence-electron chi connectivity index (χ3n) is 4.21. The topological polar surface area (TPSA) is 82.4 Å². The highest BCUT2D eigenvalue weighted by Crippen LogP contribution is 2.38. The van der Waals surface area contributed by atoms with E-state index in [1.54, 1.807) is 19.2 Å². The Morgan fingerprint density at radius 2 is 2.08 bits per heavy atom. The van der Waals surface area contributed by atoms with Crippen LogP contribution in [0.25, 0.3) is 0 Å². The molecule has 138 valence electrons. The Kier molecular flexibility index (Phi) is 5.55. The van der Waals surface area contributed by atoms with Crippen LogP contribution in [0.1, 0.15) is 30.0 Å². The van der Waals surface area contributed by atoms with Crippen molar-refractivity contribution in [2.45, 2.75) is 32.2 Å². The number of ether oxygens (including phenoxy) is 2. The van der Waals surface area contributed by atoms with E-state index in [4.69, 9.17) is 9.47 Å². The molecule has 0 aliphatic heterocycles. The number of aromatic nitrogens is 2. The van der Waals surface area contributed by atoms with Gasteiger partial charge in [-0.25, -0.2) is 4.68 Å². The van der Waals surface area contributed by atoms with E-state index in [9.17, 15) is 9.59 Å². The fourth-order valence-electron chi connectivity index (χ4n) is 2.61. The Morgan fingerprint density at radius 1 is 1.27 bits per heavy atom. The zero-order valence-corrected chi connectivity index (χ0v) is 15.0. The van der Waals surface area contributed by atoms with Gasteiger partial charge in [0.25, 0.3) is 11.5 Å². The van der Waals surface area contributed by atoms with Crippen molar-refractivity contribution in [1.82, 2.24) is 15.1 Å². The van der Waals surface area contributed by atoms with Crippen LogP contribution in [-0.4, -0.2) is 35.9 Å². The Morgan fingerprint density at radius 3 is 2.81 bits per heavy atom. The lowest BCUT2D eigenvalue weighted by Crippen LogP contribution is -2.34. The van der Waals surface area contributed by atoms with Crippen LogP contribution >= 0.6 is 0 Å². The van der Waals surface area contributed by atoms with E-state index >= 15 is 0 Å². The highest BCUT2D eigenvalue weighted by molar-refractivity contribution is 5.77. The third kappa shape index (κ3) is 4.62. The molecule has 7 heteroatoms. The zero-order chi connectivity index (χ0) is 18.5. The van der Waals surface area contributed by atoms with E-state index in [0.29, 0.717) is 30.5 Å². The van der Waals surface area contributed by atoms with Crippen LogP contribution in [0.15, 0.2) is 35.1 Å². The quantitative estimate of drug-likeness (QED) is 0.776. The first-order chi connectivity index (χ1) is 12.6. The molecule has 1 fully saturated rings. The van der Waals surface area contributed by atoms with Crippen LogP contribution in [0.3, 0.4) is 0 Å². The minimum Gasteiger partial charge on any atom is -0.493 e. The van der Waals surface area contributed by atoms with Gasteiger partial charge in [-0.3, -0.25) is 9.59 Å². The van der Waals surface area contributed by atoms with Crippen LogP contribution in [-0.2, 0) is 11.3 Å².